The molecular weight excluding hydrogens is 316 g/mol. The number of rotatable bonds is 4. The van der Waals surface area contributed by atoms with Crippen LogP contribution in [0.3, 0.4) is 0 Å². The third kappa shape index (κ3) is 3.60. The molecule has 2 unspecified atom stereocenters. The monoisotopic (exact) mass is 336 g/mol. The Balaban J connectivity index is 2.05. The summed E-state index contributed by atoms with van der Waals surface area (Å²) < 4.78 is 5.10. The van der Waals surface area contributed by atoms with Crippen molar-refractivity contribution < 1.29 is 14.3 Å². The summed E-state index contributed by atoms with van der Waals surface area (Å²) in [7, 11) is 0. The van der Waals surface area contributed by atoms with Crippen LogP contribution in [-0.2, 0) is 14.3 Å². The van der Waals surface area contributed by atoms with Gasteiger partial charge >= 0.3 is 5.97 Å². The molecular formula is C20H20N2O3. The Labute approximate surface area is 146 Å². The molecule has 5 nitrogen and oxygen atoms in total. The lowest BCUT2D eigenvalue weighted by Gasteiger charge is -2.28. The predicted molar refractivity (Wildman–Crippen MR) is 95.2 cm³/mol. The van der Waals surface area contributed by atoms with Crippen molar-refractivity contribution in [3.8, 4) is 0 Å². The number of benzene rings is 2. The fourth-order valence-electron chi connectivity index (χ4n) is 2.83. The predicted octanol–water partition coefficient (Wildman–Crippen LogP) is 2.79. The third-order valence-electron chi connectivity index (χ3n) is 4.11. The standard InChI is InChI=1S/C20H20N2O3/c1-3-25-20(24)16-17(14-11-9-13(2)10-12-14)21-18(22-19(16)23)15-7-5-4-6-8-15/h4-12,16-17H,3H2,1-2H3,(H,21,22,23). The van der Waals surface area contributed by atoms with Crippen molar-refractivity contribution in [2.45, 2.75) is 19.9 Å². The van der Waals surface area contributed by atoms with Crippen molar-refractivity contribution in [1.82, 2.24) is 5.32 Å². The van der Waals surface area contributed by atoms with Gasteiger partial charge in [-0.1, -0.05) is 60.2 Å². The molecule has 0 aromatic heterocycles. The quantitative estimate of drug-likeness (QED) is 0.689. The van der Waals surface area contributed by atoms with Gasteiger partial charge in [0.2, 0.25) is 5.91 Å². The molecule has 0 fully saturated rings. The Morgan fingerprint density at radius 1 is 1.12 bits per heavy atom. The van der Waals surface area contributed by atoms with Crippen LogP contribution in [0.1, 0.15) is 29.7 Å². The highest BCUT2D eigenvalue weighted by atomic mass is 16.5. The number of nitrogens with zero attached hydrogens (tertiary/aromatic N) is 1. The first-order chi connectivity index (χ1) is 12.1. The highest BCUT2D eigenvalue weighted by molar-refractivity contribution is 6.14. The van der Waals surface area contributed by atoms with Crippen molar-refractivity contribution >= 4 is 17.7 Å². The summed E-state index contributed by atoms with van der Waals surface area (Å²) in [5.41, 5.74) is 2.71. The van der Waals surface area contributed by atoms with Crippen LogP contribution in [0.5, 0.6) is 0 Å². The average molecular weight is 336 g/mol. The second-order valence-corrected chi connectivity index (χ2v) is 5.92. The maximum absolute atomic E-state index is 12.7. The third-order valence-corrected chi connectivity index (χ3v) is 4.11. The number of aryl methyl sites for hydroxylation is 1. The molecule has 0 saturated carbocycles. The maximum atomic E-state index is 12.7. The molecule has 1 amide bonds. The van der Waals surface area contributed by atoms with Gasteiger partial charge in [-0.15, -0.1) is 0 Å². The van der Waals surface area contributed by atoms with E-state index in [9.17, 15) is 9.59 Å². The molecule has 0 bridgehead atoms. The fraction of sp³-hybridized carbons (Fsp3) is 0.250. The number of carbonyl (C=O) groups is 2. The van der Waals surface area contributed by atoms with Crippen LogP contribution in [0.15, 0.2) is 59.6 Å². The molecule has 128 valence electrons. The van der Waals surface area contributed by atoms with E-state index in [4.69, 9.17) is 4.74 Å². The largest absolute Gasteiger partial charge is 0.465 e. The number of hydrogen-bond donors (Lipinski definition) is 1. The Hall–Kier alpha value is -2.95. The number of ether oxygens (including phenoxy) is 1. The molecule has 1 aliphatic rings. The van der Waals surface area contributed by atoms with Crippen LogP contribution in [0.25, 0.3) is 0 Å². The smallest absolute Gasteiger partial charge is 0.321 e. The molecule has 1 N–H and O–H groups in total. The molecule has 2 aromatic carbocycles. The van der Waals surface area contributed by atoms with Gasteiger partial charge in [0.15, 0.2) is 5.92 Å². The number of amides is 1. The van der Waals surface area contributed by atoms with Gasteiger partial charge in [-0.3, -0.25) is 14.6 Å². The minimum absolute atomic E-state index is 0.221. The van der Waals surface area contributed by atoms with Crippen molar-refractivity contribution in [3.63, 3.8) is 0 Å². The van der Waals surface area contributed by atoms with Crippen molar-refractivity contribution in [1.29, 1.82) is 0 Å². The molecule has 3 rings (SSSR count). The van der Waals surface area contributed by atoms with Gasteiger partial charge in [0.05, 0.1) is 12.6 Å². The zero-order chi connectivity index (χ0) is 17.8. The topological polar surface area (TPSA) is 67.8 Å². The Kier molecular flexibility index (Phi) is 4.93. The van der Waals surface area contributed by atoms with E-state index < -0.39 is 23.8 Å². The van der Waals surface area contributed by atoms with Crippen LogP contribution in [-0.4, -0.2) is 24.3 Å². The van der Waals surface area contributed by atoms with Gasteiger partial charge in [-0.2, -0.15) is 0 Å². The van der Waals surface area contributed by atoms with Gasteiger partial charge in [-0.05, 0) is 19.4 Å². The molecule has 25 heavy (non-hydrogen) atoms. The summed E-state index contributed by atoms with van der Waals surface area (Å²) in [5.74, 6) is -1.47. The molecule has 0 radical (unpaired) electrons. The van der Waals surface area contributed by atoms with Crippen molar-refractivity contribution in [2.24, 2.45) is 10.9 Å². The molecule has 5 heteroatoms. The summed E-state index contributed by atoms with van der Waals surface area (Å²) >= 11 is 0. The Bertz CT molecular complexity index is 797. The van der Waals surface area contributed by atoms with E-state index in [1.165, 1.54) is 0 Å². The van der Waals surface area contributed by atoms with Crippen LogP contribution >= 0.6 is 0 Å². The SMILES string of the molecule is CCOC(=O)C1C(=O)NC(c2ccccc2)=NC1c1ccc(C)cc1. The second-order valence-electron chi connectivity index (χ2n) is 5.92. The summed E-state index contributed by atoms with van der Waals surface area (Å²) in [4.78, 5) is 29.7. The first-order valence-electron chi connectivity index (χ1n) is 8.27. The molecule has 2 atom stereocenters. The van der Waals surface area contributed by atoms with Crippen molar-refractivity contribution in [3.05, 3.63) is 71.3 Å². The second kappa shape index (κ2) is 7.30. The van der Waals surface area contributed by atoms with Crippen LogP contribution in [0, 0.1) is 12.8 Å². The zero-order valence-corrected chi connectivity index (χ0v) is 14.2. The molecule has 0 spiro atoms. The number of carbonyl (C=O) groups excluding carboxylic acids is 2. The zero-order valence-electron chi connectivity index (χ0n) is 14.2. The number of amidine groups is 1. The van der Waals surface area contributed by atoms with E-state index in [0.29, 0.717) is 5.84 Å². The van der Waals surface area contributed by atoms with E-state index in [1.54, 1.807) is 6.92 Å². The fourth-order valence-corrected chi connectivity index (χ4v) is 2.83. The summed E-state index contributed by atoms with van der Waals surface area (Å²) in [5, 5.41) is 2.74. The van der Waals surface area contributed by atoms with Gasteiger partial charge in [-0.25, -0.2) is 0 Å². The first kappa shape index (κ1) is 16.9. The number of esters is 1. The van der Waals surface area contributed by atoms with Gasteiger partial charge in [0.1, 0.15) is 5.84 Å². The van der Waals surface area contributed by atoms with Gasteiger partial charge < -0.3 is 10.1 Å². The first-order valence-corrected chi connectivity index (χ1v) is 8.27. The van der Waals surface area contributed by atoms with Crippen LogP contribution in [0.2, 0.25) is 0 Å². The van der Waals surface area contributed by atoms with Gasteiger partial charge in [0.25, 0.3) is 0 Å². The van der Waals surface area contributed by atoms with E-state index in [0.717, 1.165) is 16.7 Å². The highest BCUT2D eigenvalue weighted by Crippen LogP contribution is 2.31. The van der Waals surface area contributed by atoms with Crippen molar-refractivity contribution in [2.75, 3.05) is 6.61 Å². The van der Waals surface area contributed by atoms with Crippen LogP contribution in [0.4, 0.5) is 0 Å². The van der Waals surface area contributed by atoms with E-state index in [1.807, 2.05) is 61.5 Å². The molecule has 0 saturated heterocycles. The molecule has 1 aliphatic heterocycles. The van der Waals surface area contributed by atoms with E-state index in [-0.39, 0.29) is 6.61 Å². The minimum atomic E-state index is -0.991. The minimum Gasteiger partial charge on any atom is -0.465 e. The highest BCUT2D eigenvalue weighted by Gasteiger charge is 2.41. The summed E-state index contributed by atoms with van der Waals surface area (Å²) in [6.07, 6.45) is 0. The average Bonchev–Trinajstić information content (AvgIpc) is 2.62. The lowest BCUT2D eigenvalue weighted by atomic mass is 9.90. The Morgan fingerprint density at radius 3 is 2.44 bits per heavy atom. The molecule has 1 heterocycles. The Morgan fingerprint density at radius 2 is 1.80 bits per heavy atom. The van der Waals surface area contributed by atoms with Crippen LogP contribution < -0.4 is 5.32 Å². The number of hydrogen-bond acceptors (Lipinski definition) is 4. The molecule has 2 aromatic rings. The molecule has 0 aliphatic carbocycles. The number of aliphatic imine (C=N–C) groups is 1. The maximum Gasteiger partial charge on any atom is 0.321 e. The summed E-state index contributed by atoms with van der Waals surface area (Å²) in [6.45, 7) is 3.93. The normalized spacial score (nSPS) is 19.8. The lowest BCUT2D eigenvalue weighted by molar-refractivity contribution is -0.153. The number of nitrogens with one attached hydrogen (secondary N) is 1. The lowest BCUT2D eigenvalue weighted by Crippen LogP contribution is -2.47. The summed E-state index contributed by atoms with van der Waals surface area (Å²) in [6, 6.07) is 16.5. The van der Waals surface area contributed by atoms with Gasteiger partial charge in [0, 0.05) is 5.56 Å². The van der Waals surface area contributed by atoms with E-state index >= 15 is 0 Å². The van der Waals surface area contributed by atoms with E-state index in [2.05, 4.69) is 10.3 Å².